The first-order valence-electron chi connectivity index (χ1n) is 4.89. The predicted molar refractivity (Wildman–Crippen MR) is 58.7 cm³/mol. The second-order valence-corrected chi connectivity index (χ2v) is 3.60. The number of rotatable bonds is 3. The molecule has 6 nitrogen and oxygen atoms in total. The van der Waals surface area contributed by atoms with E-state index in [2.05, 4.69) is 4.98 Å². The van der Waals surface area contributed by atoms with Gasteiger partial charge in [-0.2, -0.15) is 0 Å². The van der Waals surface area contributed by atoms with E-state index in [1.807, 2.05) is 0 Å². The van der Waals surface area contributed by atoms with Crippen molar-refractivity contribution in [2.75, 3.05) is 0 Å². The van der Waals surface area contributed by atoms with Crippen LogP contribution in [0.2, 0.25) is 0 Å². The number of nitrogens with zero attached hydrogens (tertiary/aromatic N) is 1. The average Bonchev–Trinajstić information content (AvgIpc) is 2.65. The number of oxazole rings is 1. The quantitative estimate of drug-likeness (QED) is 0.599. The molecular formula is C11H10N2O4. The molecular weight excluding hydrogens is 224 g/mol. The van der Waals surface area contributed by atoms with E-state index in [1.165, 1.54) is 12.1 Å². The summed E-state index contributed by atoms with van der Waals surface area (Å²) in [5.41, 5.74) is 6.49. The van der Waals surface area contributed by atoms with Gasteiger partial charge in [-0.05, 0) is 18.2 Å². The number of carbonyl (C=O) groups is 2. The maximum Gasteiger partial charge on any atom is 0.328 e. The fourth-order valence-electron chi connectivity index (χ4n) is 1.48. The highest BCUT2D eigenvalue weighted by Gasteiger charge is 2.23. The Kier molecular flexibility index (Phi) is 2.64. The second kappa shape index (κ2) is 3.99. The second-order valence-electron chi connectivity index (χ2n) is 3.60. The molecule has 1 aromatic carbocycles. The summed E-state index contributed by atoms with van der Waals surface area (Å²) in [6.45, 7) is 1.68. The summed E-state index contributed by atoms with van der Waals surface area (Å²) in [5, 5.41) is 8.65. The van der Waals surface area contributed by atoms with Crippen LogP contribution in [0, 0.1) is 6.92 Å². The zero-order valence-corrected chi connectivity index (χ0v) is 9.01. The normalized spacial score (nSPS) is 12.6. The molecule has 0 saturated heterocycles. The van der Waals surface area contributed by atoms with Gasteiger partial charge < -0.3 is 15.3 Å². The average molecular weight is 234 g/mol. The van der Waals surface area contributed by atoms with Crippen LogP contribution < -0.4 is 5.73 Å². The number of carboxylic acid groups (broad SMARTS) is 1. The number of nitrogens with two attached hydrogens (primary N) is 1. The molecule has 1 aromatic heterocycles. The molecule has 0 aliphatic rings. The number of hydrogen-bond donors (Lipinski definition) is 2. The van der Waals surface area contributed by atoms with Crippen LogP contribution in [0.1, 0.15) is 16.2 Å². The van der Waals surface area contributed by atoms with E-state index in [-0.39, 0.29) is 5.56 Å². The van der Waals surface area contributed by atoms with Gasteiger partial charge in [-0.3, -0.25) is 9.59 Å². The van der Waals surface area contributed by atoms with Crippen molar-refractivity contribution in [3.8, 4) is 0 Å². The van der Waals surface area contributed by atoms with E-state index < -0.39 is 17.8 Å². The van der Waals surface area contributed by atoms with Crippen LogP contribution in [0.15, 0.2) is 22.6 Å². The molecule has 2 aromatic rings. The smallest absolute Gasteiger partial charge is 0.328 e. The molecule has 0 saturated carbocycles. The lowest BCUT2D eigenvalue weighted by molar-refractivity contribution is -0.137. The highest BCUT2D eigenvalue weighted by atomic mass is 16.4. The van der Waals surface area contributed by atoms with Gasteiger partial charge in [-0.1, -0.05) is 0 Å². The Balaban J connectivity index is 2.42. The number of carbonyl (C=O) groups excluding carboxylic acids is 1. The summed E-state index contributed by atoms with van der Waals surface area (Å²) in [6, 6.07) is 2.96. The van der Waals surface area contributed by atoms with Crippen LogP contribution >= 0.6 is 0 Å². The third-order valence-corrected chi connectivity index (χ3v) is 2.33. The summed E-state index contributed by atoms with van der Waals surface area (Å²) in [5.74, 6) is -1.54. The molecule has 0 amide bonds. The molecule has 1 unspecified atom stereocenters. The first-order valence-corrected chi connectivity index (χ1v) is 4.89. The molecule has 0 aliphatic heterocycles. The van der Waals surface area contributed by atoms with Crippen LogP contribution in [0.25, 0.3) is 11.1 Å². The summed E-state index contributed by atoms with van der Waals surface area (Å²) >= 11 is 0. The SMILES string of the molecule is Cc1nc2ccc(C(=O)C(N)C(=O)O)cc2o1. The molecule has 1 atom stereocenters. The Hall–Kier alpha value is -2.21. The Morgan fingerprint density at radius 2 is 2.18 bits per heavy atom. The van der Waals surface area contributed by atoms with Gasteiger partial charge in [-0.25, -0.2) is 4.98 Å². The third-order valence-electron chi connectivity index (χ3n) is 2.33. The van der Waals surface area contributed by atoms with E-state index in [4.69, 9.17) is 15.3 Å². The molecule has 0 spiro atoms. The number of fused-ring (bicyclic) bond motifs is 1. The Labute approximate surface area is 96.0 Å². The number of aliphatic carboxylic acids is 1. The Morgan fingerprint density at radius 1 is 1.47 bits per heavy atom. The van der Waals surface area contributed by atoms with Crippen LogP contribution in [0.5, 0.6) is 0 Å². The van der Waals surface area contributed by atoms with Crippen molar-refractivity contribution in [1.82, 2.24) is 4.98 Å². The standard InChI is InChI=1S/C11H10N2O4/c1-5-13-7-3-2-6(4-8(7)17-5)10(14)9(12)11(15)16/h2-4,9H,12H2,1H3,(H,15,16). The van der Waals surface area contributed by atoms with E-state index in [0.29, 0.717) is 17.0 Å². The zero-order chi connectivity index (χ0) is 12.6. The summed E-state index contributed by atoms with van der Waals surface area (Å²) < 4.78 is 5.25. The lowest BCUT2D eigenvalue weighted by atomic mass is 10.0. The molecule has 3 N–H and O–H groups in total. The third kappa shape index (κ3) is 2.02. The maximum absolute atomic E-state index is 11.7. The molecule has 6 heteroatoms. The fourth-order valence-corrected chi connectivity index (χ4v) is 1.48. The fraction of sp³-hybridized carbons (Fsp3) is 0.182. The van der Waals surface area contributed by atoms with Crippen molar-refractivity contribution >= 4 is 22.9 Å². The molecule has 2 rings (SSSR count). The van der Waals surface area contributed by atoms with Crippen molar-refractivity contribution in [3.05, 3.63) is 29.7 Å². The molecule has 0 radical (unpaired) electrons. The molecule has 0 fully saturated rings. The number of carboxylic acids is 1. The molecule has 1 heterocycles. The van der Waals surface area contributed by atoms with E-state index in [9.17, 15) is 9.59 Å². The van der Waals surface area contributed by atoms with Gasteiger partial charge in [0.15, 0.2) is 23.3 Å². The number of aryl methyl sites for hydroxylation is 1. The molecule has 17 heavy (non-hydrogen) atoms. The highest BCUT2D eigenvalue weighted by Crippen LogP contribution is 2.17. The lowest BCUT2D eigenvalue weighted by Crippen LogP contribution is -2.38. The van der Waals surface area contributed by atoms with Gasteiger partial charge in [0.05, 0.1) is 0 Å². The minimum absolute atomic E-state index is 0.198. The summed E-state index contributed by atoms with van der Waals surface area (Å²) in [7, 11) is 0. The summed E-state index contributed by atoms with van der Waals surface area (Å²) in [6.07, 6.45) is 0. The number of benzene rings is 1. The maximum atomic E-state index is 11.7. The Morgan fingerprint density at radius 3 is 2.82 bits per heavy atom. The first kappa shape index (κ1) is 11.3. The van der Waals surface area contributed by atoms with Crippen molar-refractivity contribution in [2.24, 2.45) is 5.73 Å². The van der Waals surface area contributed by atoms with E-state index in [1.54, 1.807) is 13.0 Å². The number of hydrogen-bond acceptors (Lipinski definition) is 5. The van der Waals surface area contributed by atoms with Crippen LogP contribution in [-0.4, -0.2) is 27.9 Å². The van der Waals surface area contributed by atoms with Gasteiger partial charge in [0.25, 0.3) is 0 Å². The Bertz CT molecular complexity index is 603. The molecule has 0 bridgehead atoms. The van der Waals surface area contributed by atoms with Crippen molar-refractivity contribution in [3.63, 3.8) is 0 Å². The number of Topliss-reactive ketones (excluding diaryl/α,β-unsaturated/α-hetero) is 1. The topological polar surface area (TPSA) is 106 Å². The molecule has 88 valence electrons. The van der Waals surface area contributed by atoms with Crippen LogP contribution in [0.4, 0.5) is 0 Å². The van der Waals surface area contributed by atoms with Gasteiger partial charge in [0.2, 0.25) is 0 Å². The monoisotopic (exact) mass is 234 g/mol. The van der Waals surface area contributed by atoms with E-state index >= 15 is 0 Å². The van der Waals surface area contributed by atoms with Crippen molar-refractivity contribution in [1.29, 1.82) is 0 Å². The number of ketones is 1. The van der Waals surface area contributed by atoms with Gasteiger partial charge in [0, 0.05) is 12.5 Å². The largest absolute Gasteiger partial charge is 0.480 e. The summed E-state index contributed by atoms with van der Waals surface area (Å²) in [4.78, 5) is 26.3. The zero-order valence-electron chi connectivity index (χ0n) is 9.01. The minimum atomic E-state index is -1.56. The predicted octanol–water partition coefficient (Wildman–Crippen LogP) is 0.731. The number of aromatic nitrogens is 1. The van der Waals surface area contributed by atoms with Gasteiger partial charge >= 0.3 is 5.97 Å². The van der Waals surface area contributed by atoms with Gasteiger partial charge in [-0.15, -0.1) is 0 Å². The molecule has 0 aliphatic carbocycles. The van der Waals surface area contributed by atoms with E-state index in [0.717, 1.165) is 0 Å². The van der Waals surface area contributed by atoms with Crippen LogP contribution in [0.3, 0.4) is 0 Å². The van der Waals surface area contributed by atoms with Crippen molar-refractivity contribution < 1.29 is 19.1 Å². The lowest BCUT2D eigenvalue weighted by Gasteiger charge is -2.04. The highest BCUT2D eigenvalue weighted by molar-refractivity contribution is 6.12. The van der Waals surface area contributed by atoms with Crippen LogP contribution in [-0.2, 0) is 4.79 Å². The first-order chi connectivity index (χ1) is 7.99. The van der Waals surface area contributed by atoms with Gasteiger partial charge in [0.1, 0.15) is 5.52 Å². The van der Waals surface area contributed by atoms with Crippen molar-refractivity contribution in [2.45, 2.75) is 13.0 Å². The minimum Gasteiger partial charge on any atom is -0.480 e.